The number of aromatic nitrogens is 2. The van der Waals surface area contributed by atoms with Crippen molar-refractivity contribution >= 4 is 11.8 Å². The number of nitrogens with zero attached hydrogens (tertiary/aromatic N) is 2. The van der Waals surface area contributed by atoms with Crippen LogP contribution in [0.25, 0.3) is 0 Å². The van der Waals surface area contributed by atoms with Crippen molar-refractivity contribution in [1.29, 1.82) is 0 Å². The number of nitrogens with one attached hydrogen (secondary N) is 1. The van der Waals surface area contributed by atoms with Crippen molar-refractivity contribution in [2.75, 3.05) is 6.54 Å². The average molecular weight is 281 g/mol. The van der Waals surface area contributed by atoms with Gasteiger partial charge in [0, 0.05) is 18.9 Å². The lowest BCUT2D eigenvalue weighted by molar-refractivity contribution is 0.534. The van der Waals surface area contributed by atoms with E-state index in [4.69, 9.17) is 0 Å². The van der Waals surface area contributed by atoms with Gasteiger partial charge in [-0.05, 0) is 42.1 Å². The van der Waals surface area contributed by atoms with E-state index in [2.05, 4.69) is 15.3 Å². The van der Waals surface area contributed by atoms with E-state index in [9.17, 15) is 8.78 Å². The van der Waals surface area contributed by atoms with Gasteiger partial charge in [-0.2, -0.15) is 0 Å². The number of rotatable bonds is 5. The zero-order valence-electron chi connectivity index (χ0n) is 10.4. The van der Waals surface area contributed by atoms with E-state index in [0.717, 1.165) is 18.3 Å². The summed E-state index contributed by atoms with van der Waals surface area (Å²) >= 11 is 0.881. The lowest BCUT2D eigenvalue weighted by atomic mass is 10.2. The topological polar surface area (TPSA) is 37.8 Å². The van der Waals surface area contributed by atoms with E-state index in [1.165, 1.54) is 24.5 Å². The maximum Gasteiger partial charge on any atom is 0.192 e. The van der Waals surface area contributed by atoms with Crippen LogP contribution in [-0.4, -0.2) is 16.5 Å². The molecule has 100 valence electrons. The third kappa shape index (κ3) is 3.71. The first-order valence-electron chi connectivity index (χ1n) is 5.84. The fourth-order valence-electron chi connectivity index (χ4n) is 1.51. The van der Waals surface area contributed by atoms with Crippen LogP contribution < -0.4 is 5.32 Å². The summed E-state index contributed by atoms with van der Waals surface area (Å²) in [6.45, 7) is 3.12. The van der Waals surface area contributed by atoms with E-state index >= 15 is 0 Å². The Morgan fingerprint density at radius 1 is 1.16 bits per heavy atom. The van der Waals surface area contributed by atoms with Gasteiger partial charge < -0.3 is 5.32 Å². The van der Waals surface area contributed by atoms with Gasteiger partial charge in [-0.25, -0.2) is 18.7 Å². The molecule has 3 nitrogen and oxygen atoms in total. The van der Waals surface area contributed by atoms with Crippen molar-refractivity contribution in [3.63, 3.8) is 0 Å². The Bertz CT molecular complexity index is 526. The molecule has 0 radical (unpaired) electrons. The first-order valence-corrected chi connectivity index (χ1v) is 6.66. The molecule has 1 aromatic carbocycles. The first kappa shape index (κ1) is 13.9. The predicted octanol–water partition coefficient (Wildman–Crippen LogP) is 3.02. The summed E-state index contributed by atoms with van der Waals surface area (Å²) in [5.41, 5.74) is 0.579. The second kappa shape index (κ2) is 6.58. The largest absolute Gasteiger partial charge is 0.313 e. The van der Waals surface area contributed by atoms with Crippen LogP contribution in [0, 0.1) is 11.6 Å². The van der Waals surface area contributed by atoms with E-state index in [1.54, 1.807) is 6.07 Å². The van der Waals surface area contributed by atoms with Crippen LogP contribution in [-0.2, 0) is 6.54 Å². The fourth-order valence-corrected chi connectivity index (χ4v) is 2.23. The maximum atomic E-state index is 13.9. The standard InChI is InChI=1S/C13H13F2N3S/c1-2-16-8-9-6-10(14)12(11(15)7-9)19-13-17-4-3-5-18-13/h3-7,16H,2,8H2,1H3. The van der Waals surface area contributed by atoms with Crippen LogP contribution in [0.1, 0.15) is 12.5 Å². The quantitative estimate of drug-likeness (QED) is 0.855. The van der Waals surface area contributed by atoms with Crippen molar-refractivity contribution < 1.29 is 8.78 Å². The number of halogens is 2. The van der Waals surface area contributed by atoms with Crippen LogP contribution in [0.15, 0.2) is 40.6 Å². The molecular formula is C13H13F2N3S. The van der Waals surface area contributed by atoms with Crippen LogP contribution in [0.4, 0.5) is 8.78 Å². The summed E-state index contributed by atoms with van der Waals surface area (Å²) in [6.07, 6.45) is 3.06. The highest BCUT2D eigenvalue weighted by atomic mass is 32.2. The Hall–Kier alpha value is -1.53. The Balaban J connectivity index is 2.22. The molecule has 19 heavy (non-hydrogen) atoms. The fraction of sp³-hybridized carbons (Fsp3) is 0.231. The highest BCUT2D eigenvalue weighted by molar-refractivity contribution is 7.99. The molecule has 1 heterocycles. The van der Waals surface area contributed by atoms with Crippen LogP contribution in [0.5, 0.6) is 0 Å². The van der Waals surface area contributed by atoms with Gasteiger partial charge in [0.2, 0.25) is 0 Å². The minimum Gasteiger partial charge on any atom is -0.313 e. The molecule has 0 spiro atoms. The van der Waals surface area contributed by atoms with Crippen molar-refractivity contribution in [3.05, 3.63) is 47.8 Å². The molecule has 0 saturated carbocycles. The van der Waals surface area contributed by atoms with E-state index in [1.807, 2.05) is 6.92 Å². The van der Waals surface area contributed by atoms with Gasteiger partial charge in [0.05, 0.1) is 4.90 Å². The first-order chi connectivity index (χ1) is 9.20. The Morgan fingerprint density at radius 2 is 1.79 bits per heavy atom. The Morgan fingerprint density at radius 3 is 2.37 bits per heavy atom. The maximum absolute atomic E-state index is 13.9. The third-order valence-corrected chi connectivity index (χ3v) is 3.36. The zero-order chi connectivity index (χ0) is 13.7. The normalized spacial score (nSPS) is 10.7. The molecule has 0 aliphatic carbocycles. The molecule has 0 atom stereocenters. The molecule has 1 aromatic heterocycles. The van der Waals surface area contributed by atoms with Gasteiger partial charge in [0.1, 0.15) is 11.6 Å². The molecule has 0 amide bonds. The molecule has 0 unspecified atom stereocenters. The van der Waals surface area contributed by atoms with Crippen LogP contribution in [0.2, 0.25) is 0 Å². The molecule has 1 N–H and O–H groups in total. The smallest absolute Gasteiger partial charge is 0.192 e. The average Bonchev–Trinajstić information content (AvgIpc) is 2.42. The van der Waals surface area contributed by atoms with Crippen LogP contribution >= 0.6 is 11.8 Å². The van der Waals surface area contributed by atoms with Gasteiger partial charge in [-0.15, -0.1) is 0 Å². The lowest BCUT2D eigenvalue weighted by Gasteiger charge is -2.07. The summed E-state index contributed by atoms with van der Waals surface area (Å²) in [4.78, 5) is 7.79. The van der Waals surface area contributed by atoms with Crippen molar-refractivity contribution in [2.45, 2.75) is 23.5 Å². The highest BCUT2D eigenvalue weighted by Gasteiger charge is 2.13. The number of benzene rings is 1. The minimum absolute atomic E-state index is 0.0774. The molecule has 0 saturated heterocycles. The molecule has 2 rings (SSSR count). The van der Waals surface area contributed by atoms with Gasteiger partial charge in [0.15, 0.2) is 5.16 Å². The molecule has 2 aromatic rings. The summed E-state index contributed by atoms with van der Waals surface area (Å²) in [5.74, 6) is -1.18. The molecule has 0 aliphatic heterocycles. The van der Waals surface area contributed by atoms with Crippen LogP contribution in [0.3, 0.4) is 0 Å². The SMILES string of the molecule is CCNCc1cc(F)c(Sc2ncccn2)c(F)c1. The number of hydrogen-bond donors (Lipinski definition) is 1. The Labute approximate surface area is 114 Å². The molecule has 0 aliphatic rings. The van der Waals surface area contributed by atoms with Gasteiger partial charge in [-0.3, -0.25) is 0 Å². The van der Waals surface area contributed by atoms with Gasteiger partial charge in [-0.1, -0.05) is 6.92 Å². The van der Waals surface area contributed by atoms with Crippen molar-refractivity contribution in [1.82, 2.24) is 15.3 Å². The molecular weight excluding hydrogens is 268 g/mol. The second-order valence-corrected chi connectivity index (χ2v) is 4.78. The van der Waals surface area contributed by atoms with E-state index in [-0.39, 0.29) is 4.90 Å². The molecule has 6 heteroatoms. The third-order valence-electron chi connectivity index (χ3n) is 2.37. The zero-order valence-corrected chi connectivity index (χ0v) is 11.2. The summed E-state index contributed by atoms with van der Waals surface area (Å²) in [5, 5.41) is 3.34. The summed E-state index contributed by atoms with van der Waals surface area (Å²) < 4.78 is 27.8. The van der Waals surface area contributed by atoms with Crippen molar-refractivity contribution in [2.24, 2.45) is 0 Å². The van der Waals surface area contributed by atoms with E-state index in [0.29, 0.717) is 17.3 Å². The highest BCUT2D eigenvalue weighted by Crippen LogP contribution is 2.30. The predicted molar refractivity (Wildman–Crippen MR) is 69.9 cm³/mol. The minimum atomic E-state index is -0.592. The monoisotopic (exact) mass is 281 g/mol. The van der Waals surface area contributed by atoms with Gasteiger partial charge >= 0.3 is 0 Å². The Kier molecular flexibility index (Phi) is 4.81. The summed E-state index contributed by atoms with van der Waals surface area (Å²) in [7, 11) is 0. The van der Waals surface area contributed by atoms with Gasteiger partial charge in [0.25, 0.3) is 0 Å². The molecule has 0 bridgehead atoms. The second-order valence-electron chi connectivity index (χ2n) is 3.80. The van der Waals surface area contributed by atoms with Crippen molar-refractivity contribution in [3.8, 4) is 0 Å². The molecule has 0 fully saturated rings. The van der Waals surface area contributed by atoms with E-state index < -0.39 is 11.6 Å². The summed E-state index contributed by atoms with van der Waals surface area (Å²) in [6, 6.07) is 4.31. The lowest BCUT2D eigenvalue weighted by Crippen LogP contribution is -2.12. The number of hydrogen-bond acceptors (Lipinski definition) is 4.